The lowest BCUT2D eigenvalue weighted by molar-refractivity contribution is -0.138. The van der Waals surface area contributed by atoms with Crippen LogP contribution in [0.2, 0.25) is 0 Å². The van der Waals surface area contributed by atoms with Gasteiger partial charge in [-0.05, 0) is 26.7 Å². The number of hydrogen-bond donors (Lipinski definition) is 0. The first kappa shape index (κ1) is 14.2. The van der Waals surface area contributed by atoms with Crippen molar-refractivity contribution in [2.24, 2.45) is 0 Å². The van der Waals surface area contributed by atoms with Gasteiger partial charge < -0.3 is 4.74 Å². The highest BCUT2D eigenvalue weighted by Gasteiger charge is 2.08. The molecule has 0 spiro atoms. The van der Waals surface area contributed by atoms with Crippen molar-refractivity contribution in [1.29, 1.82) is 0 Å². The molecule has 88 valence electrons. The molecule has 15 heavy (non-hydrogen) atoms. The Morgan fingerprint density at radius 2 is 1.80 bits per heavy atom. The van der Waals surface area contributed by atoms with Crippen LogP contribution in [0.3, 0.4) is 0 Å². The molecule has 0 aromatic rings. The molecule has 0 aliphatic carbocycles. The third kappa shape index (κ3) is 7.18. The summed E-state index contributed by atoms with van der Waals surface area (Å²) < 4.78 is 4.97. The standard InChI is InChI=1S/C13H24O2/c1-4-7-8-9-10-11-12(5-2)13(14)15-6-3/h5H,4,6-11H2,1-3H3/b12-5+. The highest BCUT2D eigenvalue weighted by molar-refractivity contribution is 5.88. The van der Waals surface area contributed by atoms with Crippen molar-refractivity contribution >= 4 is 5.97 Å². The van der Waals surface area contributed by atoms with Crippen molar-refractivity contribution in [2.75, 3.05) is 6.61 Å². The van der Waals surface area contributed by atoms with Crippen molar-refractivity contribution < 1.29 is 9.53 Å². The van der Waals surface area contributed by atoms with Crippen LogP contribution < -0.4 is 0 Å². The van der Waals surface area contributed by atoms with Crippen molar-refractivity contribution in [1.82, 2.24) is 0 Å². The van der Waals surface area contributed by atoms with E-state index in [-0.39, 0.29) is 5.97 Å². The van der Waals surface area contributed by atoms with Crippen molar-refractivity contribution in [3.63, 3.8) is 0 Å². The lowest BCUT2D eigenvalue weighted by Crippen LogP contribution is -2.07. The molecule has 0 fully saturated rings. The summed E-state index contributed by atoms with van der Waals surface area (Å²) in [6.07, 6.45) is 8.87. The summed E-state index contributed by atoms with van der Waals surface area (Å²) in [6.45, 7) is 6.41. The van der Waals surface area contributed by atoms with Crippen LogP contribution in [0.5, 0.6) is 0 Å². The quantitative estimate of drug-likeness (QED) is 0.347. The number of ether oxygens (including phenoxy) is 1. The van der Waals surface area contributed by atoms with E-state index < -0.39 is 0 Å². The highest BCUT2D eigenvalue weighted by atomic mass is 16.5. The van der Waals surface area contributed by atoms with Gasteiger partial charge in [0.2, 0.25) is 0 Å². The fourth-order valence-corrected chi connectivity index (χ4v) is 1.51. The van der Waals surface area contributed by atoms with Gasteiger partial charge in [-0.2, -0.15) is 0 Å². The molecular formula is C13H24O2. The van der Waals surface area contributed by atoms with E-state index in [9.17, 15) is 4.79 Å². The van der Waals surface area contributed by atoms with Crippen LogP contribution >= 0.6 is 0 Å². The molecule has 0 aromatic heterocycles. The molecular weight excluding hydrogens is 188 g/mol. The van der Waals surface area contributed by atoms with E-state index in [0.717, 1.165) is 18.4 Å². The SMILES string of the molecule is C/C=C(\CCCCCCC)C(=O)OCC. The predicted octanol–water partition coefficient (Wildman–Crippen LogP) is 3.86. The number of carbonyl (C=O) groups is 1. The van der Waals surface area contributed by atoms with E-state index in [4.69, 9.17) is 4.74 Å². The highest BCUT2D eigenvalue weighted by Crippen LogP contribution is 2.12. The fraction of sp³-hybridized carbons (Fsp3) is 0.769. The van der Waals surface area contributed by atoms with Gasteiger partial charge in [0.1, 0.15) is 0 Å². The van der Waals surface area contributed by atoms with E-state index >= 15 is 0 Å². The van der Waals surface area contributed by atoms with Crippen LogP contribution in [0.15, 0.2) is 11.6 Å². The van der Waals surface area contributed by atoms with Gasteiger partial charge in [-0.3, -0.25) is 0 Å². The number of carbonyl (C=O) groups excluding carboxylic acids is 1. The lowest BCUT2D eigenvalue weighted by Gasteiger charge is -2.06. The minimum Gasteiger partial charge on any atom is -0.463 e. The molecule has 0 heterocycles. The Hall–Kier alpha value is -0.790. The van der Waals surface area contributed by atoms with E-state index in [1.165, 1.54) is 25.7 Å². The van der Waals surface area contributed by atoms with E-state index in [1.807, 2.05) is 19.9 Å². The largest absolute Gasteiger partial charge is 0.463 e. The summed E-state index contributed by atoms with van der Waals surface area (Å²) in [6, 6.07) is 0. The normalized spacial score (nSPS) is 11.5. The number of allylic oxidation sites excluding steroid dienone is 1. The van der Waals surface area contributed by atoms with E-state index in [0.29, 0.717) is 6.61 Å². The smallest absolute Gasteiger partial charge is 0.333 e. The average molecular weight is 212 g/mol. The van der Waals surface area contributed by atoms with Gasteiger partial charge in [-0.1, -0.05) is 38.7 Å². The van der Waals surface area contributed by atoms with Gasteiger partial charge in [0.05, 0.1) is 6.61 Å². The molecule has 0 aliphatic rings. The molecule has 0 saturated carbocycles. The number of hydrogen-bond acceptors (Lipinski definition) is 2. The molecule has 2 heteroatoms. The first-order valence-corrected chi connectivity index (χ1v) is 6.08. The Labute approximate surface area is 93.7 Å². The molecule has 0 amide bonds. The molecule has 0 aromatic carbocycles. The molecule has 0 saturated heterocycles. The molecule has 0 atom stereocenters. The molecule has 0 bridgehead atoms. The monoisotopic (exact) mass is 212 g/mol. The third-order valence-corrected chi connectivity index (χ3v) is 2.44. The van der Waals surface area contributed by atoms with Crippen LogP contribution in [0.4, 0.5) is 0 Å². The zero-order chi connectivity index (χ0) is 11.5. The molecule has 0 N–H and O–H groups in total. The minimum atomic E-state index is -0.143. The second kappa shape index (κ2) is 9.75. The van der Waals surface area contributed by atoms with E-state index in [2.05, 4.69) is 6.92 Å². The van der Waals surface area contributed by atoms with Gasteiger partial charge in [0.15, 0.2) is 0 Å². The van der Waals surface area contributed by atoms with Crippen molar-refractivity contribution in [2.45, 2.75) is 59.3 Å². The second-order valence-corrected chi connectivity index (χ2v) is 3.70. The summed E-state index contributed by atoms with van der Waals surface area (Å²) in [5, 5.41) is 0. The van der Waals surface area contributed by atoms with Gasteiger partial charge in [0.25, 0.3) is 0 Å². The molecule has 2 nitrogen and oxygen atoms in total. The molecule has 0 aliphatic heterocycles. The summed E-state index contributed by atoms with van der Waals surface area (Å²) >= 11 is 0. The number of unbranched alkanes of at least 4 members (excludes halogenated alkanes) is 4. The Morgan fingerprint density at radius 1 is 1.13 bits per heavy atom. The minimum absolute atomic E-state index is 0.143. The number of esters is 1. The van der Waals surface area contributed by atoms with Crippen LogP contribution in [0.1, 0.15) is 59.3 Å². The van der Waals surface area contributed by atoms with Gasteiger partial charge in [-0.15, -0.1) is 0 Å². The zero-order valence-electron chi connectivity index (χ0n) is 10.3. The molecule has 0 rings (SSSR count). The second-order valence-electron chi connectivity index (χ2n) is 3.70. The zero-order valence-corrected chi connectivity index (χ0v) is 10.3. The maximum Gasteiger partial charge on any atom is 0.333 e. The maximum atomic E-state index is 11.4. The number of rotatable bonds is 8. The summed E-state index contributed by atoms with van der Waals surface area (Å²) in [5.74, 6) is -0.143. The van der Waals surface area contributed by atoms with Crippen LogP contribution in [0, 0.1) is 0 Å². The molecule has 0 unspecified atom stereocenters. The summed E-state index contributed by atoms with van der Waals surface area (Å²) in [7, 11) is 0. The Kier molecular flexibility index (Phi) is 9.24. The molecule has 0 radical (unpaired) electrons. The fourth-order valence-electron chi connectivity index (χ4n) is 1.51. The van der Waals surface area contributed by atoms with E-state index in [1.54, 1.807) is 0 Å². The third-order valence-electron chi connectivity index (χ3n) is 2.44. The Bertz CT molecular complexity index is 195. The van der Waals surface area contributed by atoms with Gasteiger partial charge >= 0.3 is 5.97 Å². The summed E-state index contributed by atoms with van der Waals surface area (Å²) in [4.78, 5) is 11.4. The topological polar surface area (TPSA) is 26.3 Å². The van der Waals surface area contributed by atoms with Crippen molar-refractivity contribution in [3.8, 4) is 0 Å². The van der Waals surface area contributed by atoms with Gasteiger partial charge in [0, 0.05) is 5.57 Å². The first-order valence-electron chi connectivity index (χ1n) is 6.08. The van der Waals surface area contributed by atoms with Crippen LogP contribution in [-0.4, -0.2) is 12.6 Å². The average Bonchev–Trinajstić information content (AvgIpc) is 2.23. The van der Waals surface area contributed by atoms with Crippen LogP contribution in [0.25, 0.3) is 0 Å². The lowest BCUT2D eigenvalue weighted by atomic mass is 10.1. The first-order chi connectivity index (χ1) is 7.26. The predicted molar refractivity (Wildman–Crippen MR) is 63.8 cm³/mol. The van der Waals surface area contributed by atoms with Gasteiger partial charge in [-0.25, -0.2) is 4.79 Å². The Balaban J connectivity index is 3.67. The summed E-state index contributed by atoms with van der Waals surface area (Å²) in [5.41, 5.74) is 0.827. The van der Waals surface area contributed by atoms with Crippen LogP contribution in [-0.2, 0) is 9.53 Å². The maximum absolute atomic E-state index is 11.4. The Morgan fingerprint density at radius 3 is 2.33 bits per heavy atom. The van der Waals surface area contributed by atoms with Crippen molar-refractivity contribution in [3.05, 3.63) is 11.6 Å².